The fourth-order valence-electron chi connectivity index (χ4n) is 3.98. The second-order valence-electron chi connectivity index (χ2n) is 6.99. The van der Waals surface area contributed by atoms with Gasteiger partial charge in [-0.25, -0.2) is 0 Å². The molecule has 24 heavy (non-hydrogen) atoms. The minimum atomic E-state index is 0.670. The standard InChI is InChI=1S/C19H22N4O/c20-14-3-1-12(2-4-14)17-10-16-18(23-5-7-24-8-6-23)15-9-13(15)11-21-19(16)22-17/h1-4,10,13,15H,5-9,11,20H2,(H,21,22). The fraction of sp³-hybridized carbons (Fsp3) is 0.421. The molecule has 3 heterocycles. The maximum absolute atomic E-state index is 5.81. The van der Waals surface area contributed by atoms with E-state index >= 15 is 0 Å². The van der Waals surface area contributed by atoms with Crippen LogP contribution in [-0.2, 0) is 4.74 Å². The van der Waals surface area contributed by atoms with Gasteiger partial charge in [0.1, 0.15) is 5.49 Å². The highest BCUT2D eigenvalue weighted by Crippen LogP contribution is 2.46. The minimum Gasteiger partial charge on any atom is -0.399 e. The van der Waals surface area contributed by atoms with Crippen LogP contribution in [0.1, 0.15) is 6.42 Å². The molecule has 2 atom stereocenters. The van der Waals surface area contributed by atoms with Crippen LogP contribution in [0.4, 0.5) is 5.69 Å². The minimum absolute atomic E-state index is 0.670. The van der Waals surface area contributed by atoms with Gasteiger partial charge in [0.05, 0.1) is 13.2 Å². The van der Waals surface area contributed by atoms with Crippen LogP contribution in [0.15, 0.2) is 35.3 Å². The summed E-state index contributed by atoms with van der Waals surface area (Å²) in [5.74, 6) is 1.40. The van der Waals surface area contributed by atoms with Crippen LogP contribution in [0.3, 0.4) is 0 Å². The SMILES string of the molecule is Nc1ccc(-c2cc3c([nH]2)=NCC2CC2C=3N2CCOCC2)cc1. The van der Waals surface area contributed by atoms with Gasteiger partial charge < -0.3 is 20.4 Å². The molecule has 1 aliphatic carbocycles. The molecule has 0 spiro atoms. The van der Waals surface area contributed by atoms with Gasteiger partial charge in [0.15, 0.2) is 0 Å². The van der Waals surface area contributed by atoms with Gasteiger partial charge in [-0.3, -0.25) is 4.99 Å². The molecule has 0 bridgehead atoms. The van der Waals surface area contributed by atoms with E-state index in [9.17, 15) is 0 Å². The summed E-state index contributed by atoms with van der Waals surface area (Å²) in [5, 5.41) is 1.29. The predicted octanol–water partition coefficient (Wildman–Crippen LogP) is 0.974. The summed E-state index contributed by atoms with van der Waals surface area (Å²) >= 11 is 0. The third kappa shape index (κ3) is 2.31. The van der Waals surface area contributed by atoms with Crippen LogP contribution in [0, 0.1) is 11.8 Å². The Morgan fingerprint density at radius 1 is 1.17 bits per heavy atom. The summed E-state index contributed by atoms with van der Waals surface area (Å²) in [6.07, 6.45) is 1.28. The van der Waals surface area contributed by atoms with Gasteiger partial charge in [-0.1, -0.05) is 12.1 Å². The summed E-state index contributed by atoms with van der Waals surface area (Å²) in [6, 6.07) is 10.3. The molecule has 1 saturated heterocycles. The van der Waals surface area contributed by atoms with Crippen molar-refractivity contribution in [2.24, 2.45) is 16.8 Å². The first kappa shape index (κ1) is 14.1. The van der Waals surface area contributed by atoms with Crippen molar-refractivity contribution in [3.8, 4) is 11.3 Å². The molecule has 2 unspecified atom stereocenters. The maximum Gasteiger partial charge on any atom is 0.134 e. The van der Waals surface area contributed by atoms with Crippen molar-refractivity contribution in [1.82, 2.24) is 9.88 Å². The number of H-pyrrole nitrogens is 1. The van der Waals surface area contributed by atoms with Gasteiger partial charge in [0.25, 0.3) is 0 Å². The molecule has 5 rings (SSSR count). The van der Waals surface area contributed by atoms with E-state index in [0.29, 0.717) is 5.92 Å². The van der Waals surface area contributed by atoms with Crippen LogP contribution in [0.25, 0.3) is 17.0 Å². The largest absolute Gasteiger partial charge is 0.399 e. The van der Waals surface area contributed by atoms with E-state index < -0.39 is 0 Å². The lowest BCUT2D eigenvalue weighted by atomic mass is 10.1. The molecule has 0 amide bonds. The highest BCUT2D eigenvalue weighted by Gasteiger charge is 2.43. The lowest BCUT2D eigenvalue weighted by Crippen LogP contribution is -2.40. The lowest BCUT2D eigenvalue weighted by molar-refractivity contribution is 0.0614. The van der Waals surface area contributed by atoms with Gasteiger partial charge >= 0.3 is 0 Å². The average molecular weight is 322 g/mol. The first-order chi connectivity index (χ1) is 11.8. The Balaban J connectivity index is 1.66. The number of nitrogens with two attached hydrogens (primary N) is 1. The Kier molecular flexibility index (Phi) is 3.16. The number of nitrogens with one attached hydrogen (secondary N) is 1. The van der Waals surface area contributed by atoms with Gasteiger partial charge in [-0.15, -0.1) is 0 Å². The molecule has 5 nitrogen and oxygen atoms in total. The highest BCUT2D eigenvalue weighted by molar-refractivity contribution is 5.64. The van der Waals surface area contributed by atoms with Crippen LogP contribution in [-0.4, -0.2) is 42.7 Å². The quantitative estimate of drug-likeness (QED) is 0.810. The molecule has 1 saturated carbocycles. The van der Waals surface area contributed by atoms with E-state index in [1.54, 1.807) is 0 Å². The van der Waals surface area contributed by atoms with Crippen molar-refractivity contribution in [2.45, 2.75) is 6.42 Å². The van der Waals surface area contributed by atoms with Crippen molar-refractivity contribution in [3.05, 3.63) is 41.0 Å². The normalized spacial score (nSPS) is 25.5. The van der Waals surface area contributed by atoms with Crippen LogP contribution < -0.4 is 16.4 Å². The number of ether oxygens (including phenoxy) is 1. The molecule has 2 aliphatic heterocycles. The lowest BCUT2D eigenvalue weighted by Gasteiger charge is -2.31. The van der Waals surface area contributed by atoms with Crippen molar-refractivity contribution in [1.29, 1.82) is 0 Å². The zero-order valence-corrected chi connectivity index (χ0v) is 13.7. The molecule has 0 radical (unpaired) electrons. The molecule has 5 heteroatoms. The fourth-order valence-corrected chi connectivity index (χ4v) is 3.98. The van der Waals surface area contributed by atoms with Crippen molar-refractivity contribution in [3.63, 3.8) is 0 Å². The number of aromatic amines is 1. The van der Waals surface area contributed by atoms with Gasteiger partial charge in [-0.05, 0) is 36.1 Å². The van der Waals surface area contributed by atoms with E-state index in [0.717, 1.165) is 61.2 Å². The highest BCUT2D eigenvalue weighted by atomic mass is 16.5. The molecule has 3 N–H and O–H groups in total. The van der Waals surface area contributed by atoms with Crippen LogP contribution in [0.5, 0.6) is 0 Å². The number of benzene rings is 1. The molecule has 2 aromatic rings. The molecule has 1 aromatic carbocycles. The zero-order valence-electron chi connectivity index (χ0n) is 13.7. The second-order valence-corrected chi connectivity index (χ2v) is 6.99. The third-order valence-corrected chi connectivity index (χ3v) is 5.40. The second kappa shape index (κ2) is 5.38. The van der Waals surface area contributed by atoms with E-state index in [1.807, 2.05) is 12.1 Å². The Morgan fingerprint density at radius 2 is 1.96 bits per heavy atom. The Morgan fingerprint density at radius 3 is 2.75 bits per heavy atom. The average Bonchev–Trinajstić information content (AvgIpc) is 3.28. The van der Waals surface area contributed by atoms with Gasteiger partial charge in [-0.2, -0.15) is 0 Å². The van der Waals surface area contributed by atoms with E-state index in [-0.39, 0.29) is 0 Å². The Hall–Kier alpha value is -2.27. The molecular formula is C19H22N4O. The molecule has 3 aliphatic rings. The number of hydrogen-bond donors (Lipinski definition) is 2. The number of rotatable bonds is 2. The van der Waals surface area contributed by atoms with Gasteiger partial charge in [0, 0.05) is 47.8 Å². The Labute approximate surface area is 140 Å². The monoisotopic (exact) mass is 322 g/mol. The van der Waals surface area contributed by atoms with Gasteiger partial charge in [0.2, 0.25) is 0 Å². The van der Waals surface area contributed by atoms with Crippen molar-refractivity contribution < 1.29 is 4.74 Å². The third-order valence-electron chi connectivity index (χ3n) is 5.40. The van der Waals surface area contributed by atoms with E-state index in [1.165, 1.54) is 17.3 Å². The van der Waals surface area contributed by atoms with Crippen LogP contribution in [0.2, 0.25) is 0 Å². The summed E-state index contributed by atoms with van der Waals surface area (Å²) < 4.78 is 5.55. The predicted molar refractivity (Wildman–Crippen MR) is 93.7 cm³/mol. The number of fused-ring (bicyclic) bond motifs is 2. The molecular weight excluding hydrogens is 300 g/mol. The maximum atomic E-state index is 5.81. The summed E-state index contributed by atoms with van der Waals surface area (Å²) in [7, 11) is 0. The number of anilines is 1. The molecule has 1 aromatic heterocycles. The number of morpholine rings is 1. The van der Waals surface area contributed by atoms with Crippen LogP contribution >= 0.6 is 0 Å². The van der Waals surface area contributed by atoms with Crippen molar-refractivity contribution >= 4 is 11.4 Å². The topological polar surface area (TPSA) is 66.6 Å². The van der Waals surface area contributed by atoms with E-state index in [4.69, 9.17) is 15.5 Å². The zero-order chi connectivity index (χ0) is 16.1. The number of nitrogens with zero attached hydrogens (tertiary/aromatic N) is 2. The summed E-state index contributed by atoms with van der Waals surface area (Å²) in [4.78, 5) is 10.9. The first-order valence-corrected chi connectivity index (χ1v) is 8.76. The number of hydrogen-bond acceptors (Lipinski definition) is 4. The molecule has 2 fully saturated rings. The van der Waals surface area contributed by atoms with Crippen molar-refractivity contribution in [2.75, 3.05) is 38.6 Å². The smallest absolute Gasteiger partial charge is 0.134 e. The summed E-state index contributed by atoms with van der Waals surface area (Å²) in [6.45, 7) is 4.55. The number of aromatic nitrogens is 1. The number of nitrogen functional groups attached to an aromatic ring is 1. The molecule has 124 valence electrons. The Bertz CT molecular complexity index is 877. The van der Waals surface area contributed by atoms with E-state index in [2.05, 4.69) is 28.1 Å². The first-order valence-electron chi connectivity index (χ1n) is 8.76. The summed E-state index contributed by atoms with van der Waals surface area (Å²) in [5.41, 5.74) is 11.4.